The summed E-state index contributed by atoms with van der Waals surface area (Å²) in [4.78, 5) is 12.1. The van der Waals surface area contributed by atoms with Gasteiger partial charge < -0.3 is 21.1 Å². The number of hydrogen-bond acceptors (Lipinski definition) is 3. The Hall–Kier alpha value is -1.82. The average Bonchev–Trinajstić information content (AvgIpc) is 2.26. The van der Waals surface area contributed by atoms with Gasteiger partial charge in [0.25, 0.3) is 0 Å². The maximum Gasteiger partial charge on any atom is 0.319 e. The van der Waals surface area contributed by atoms with Crippen LogP contribution in [-0.4, -0.2) is 23.7 Å². The SMILES string of the molecule is COc1cc(C(N)=S)ccc1NC(=O)NC(C)(C)C. The summed E-state index contributed by atoms with van der Waals surface area (Å²) in [6, 6.07) is 4.83. The van der Waals surface area contributed by atoms with Gasteiger partial charge in [0.2, 0.25) is 0 Å². The zero-order valence-corrected chi connectivity index (χ0v) is 12.4. The summed E-state index contributed by atoms with van der Waals surface area (Å²) in [6.07, 6.45) is 0. The van der Waals surface area contributed by atoms with E-state index < -0.39 is 0 Å². The van der Waals surface area contributed by atoms with Crippen LogP contribution in [0.2, 0.25) is 0 Å². The number of anilines is 1. The normalized spacial score (nSPS) is 10.7. The molecule has 19 heavy (non-hydrogen) atoms. The summed E-state index contributed by atoms with van der Waals surface area (Å²) >= 11 is 4.89. The van der Waals surface area contributed by atoms with E-state index in [1.807, 2.05) is 20.8 Å². The van der Waals surface area contributed by atoms with Crippen molar-refractivity contribution in [2.75, 3.05) is 12.4 Å². The lowest BCUT2D eigenvalue weighted by atomic mass is 10.1. The van der Waals surface area contributed by atoms with Crippen LogP contribution in [0.15, 0.2) is 18.2 Å². The Labute approximate surface area is 118 Å². The first-order chi connectivity index (χ1) is 8.73. The van der Waals surface area contributed by atoms with Gasteiger partial charge in [-0.15, -0.1) is 0 Å². The average molecular weight is 281 g/mol. The number of nitrogens with two attached hydrogens (primary N) is 1. The molecule has 0 fully saturated rings. The second-order valence-electron chi connectivity index (χ2n) is 5.11. The lowest BCUT2D eigenvalue weighted by molar-refractivity contribution is 0.243. The van der Waals surface area contributed by atoms with E-state index in [-0.39, 0.29) is 16.6 Å². The van der Waals surface area contributed by atoms with E-state index >= 15 is 0 Å². The molecule has 0 bridgehead atoms. The number of nitrogens with one attached hydrogen (secondary N) is 2. The smallest absolute Gasteiger partial charge is 0.319 e. The molecule has 4 N–H and O–H groups in total. The molecule has 1 rings (SSSR count). The number of urea groups is 1. The molecule has 0 aliphatic rings. The molecule has 0 unspecified atom stereocenters. The highest BCUT2D eigenvalue weighted by atomic mass is 32.1. The van der Waals surface area contributed by atoms with Crippen molar-refractivity contribution in [1.82, 2.24) is 5.32 Å². The molecule has 0 aromatic heterocycles. The Bertz CT molecular complexity index is 495. The molecule has 2 amide bonds. The molecule has 5 nitrogen and oxygen atoms in total. The van der Waals surface area contributed by atoms with E-state index in [1.165, 1.54) is 7.11 Å². The van der Waals surface area contributed by atoms with Crippen LogP contribution in [-0.2, 0) is 0 Å². The van der Waals surface area contributed by atoms with E-state index in [9.17, 15) is 4.79 Å². The summed E-state index contributed by atoms with van der Waals surface area (Å²) < 4.78 is 5.21. The monoisotopic (exact) mass is 281 g/mol. The molecule has 0 saturated carbocycles. The van der Waals surface area contributed by atoms with Gasteiger partial charge in [-0.25, -0.2) is 4.79 Å². The number of carbonyl (C=O) groups excluding carboxylic acids is 1. The van der Waals surface area contributed by atoms with Gasteiger partial charge in [-0.1, -0.05) is 12.2 Å². The third-order valence-electron chi connectivity index (χ3n) is 2.22. The molecule has 6 heteroatoms. The summed E-state index contributed by atoms with van der Waals surface area (Å²) in [5.74, 6) is 0.509. The molecule has 0 radical (unpaired) electrons. The topological polar surface area (TPSA) is 76.4 Å². The van der Waals surface area contributed by atoms with Crippen LogP contribution in [0.25, 0.3) is 0 Å². The second kappa shape index (κ2) is 5.88. The fraction of sp³-hybridized carbons (Fsp3) is 0.385. The van der Waals surface area contributed by atoms with E-state index in [2.05, 4.69) is 10.6 Å². The largest absolute Gasteiger partial charge is 0.495 e. The Morgan fingerprint density at radius 2 is 2.00 bits per heavy atom. The molecule has 0 atom stereocenters. The minimum Gasteiger partial charge on any atom is -0.495 e. The van der Waals surface area contributed by atoms with Crippen molar-refractivity contribution in [3.8, 4) is 5.75 Å². The first-order valence-electron chi connectivity index (χ1n) is 5.80. The summed E-state index contributed by atoms with van der Waals surface area (Å²) in [5.41, 5.74) is 6.49. The second-order valence-corrected chi connectivity index (χ2v) is 5.55. The summed E-state index contributed by atoms with van der Waals surface area (Å²) in [5, 5.41) is 5.53. The Kier molecular flexibility index (Phi) is 4.72. The third kappa shape index (κ3) is 4.75. The van der Waals surface area contributed by atoms with Crippen molar-refractivity contribution < 1.29 is 9.53 Å². The Balaban J connectivity index is 2.89. The molecule has 0 saturated heterocycles. The fourth-order valence-corrected chi connectivity index (χ4v) is 1.57. The molecule has 0 aliphatic heterocycles. The number of hydrogen-bond donors (Lipinski definition) is 3. The molecule has 1 aromatic carbocycles. The zero-order chi connectivity index (χ0) is 14.6. The fourth-order valence-electron chi connectivity index (χ4n) is 1.44. The van der Waals surface area contributed by atoms with Crippen LogP contribution in [0.4, 0.5) is 10.5 Å². The lowest BCUT2D eigenvalue weighted by Gasteiger charge is -2.21. The summed E-state index contributed by atoms with van der Waals surface area (Å²) in [6.45, 7) is 5.71. The van der Waals surface area contributed by atoms with Crippen LogP contribution in [0.3, 0.4) is 0 Å². The van der Waals surface area contributed by atoms with Gasteiger partial charge in [0.05, 0.1) is 12.8 Å². The number of ether oxygens (including phenoxy) is 1. The number of carbonyl (C=O) groups is 1. The Morgan fingerprint density at radius 1 is 1.37 bits per heavy atom. The van der Waals surface area contributed by atoms with Crippen molar-refractivity contribution in [2.24, 2.45) is 5.73 Å². The minimum atomic E-state index is -0.309. The van der Waals surface area contributed by atoms with Crippen LogP contribution in [0.5, 0.6) is 5.75 Å². The van der Waals surface area contributed by atoms with Crippen LogP contribution in [0, 0.1) is 0 Å². The van der Waals surface area contributed by atoms with Crippen LogP contribution in [0.1, 0.15) is 26.3 Å². The molecule has 0 spiro atoms. The van der Waals surface area contributed by atoms with Gasteiger partial charge in [0.15, 0.2) is 0 Å². The van der Waals surface area contributed by atoms with Crippen LogP contribution >= 0.6 is 12.2 Å². The van der Waals surface area contributed by atoms with Crippen molar-refractivity contribution in [1.29, 1.82) is 0 Å². The predicted octanol–water partition coefficient (Wildman–Crippen LogP) is 2.25. The molecular weight excluding hydrogens is 262 g/mol. The standard InChI is InChI=1S/C13H19N3O2S/c1-13(2,3)16-12(17)15-9-6-5-8(11(14)19)7-10(9)18-4/h5-7H,1-4H3,(H2,14,19)(H2,15,16,17). The number of methoxy groups -OCH3 is 1. The van der Waals surface area contributed by atoms with Crippen molar-refractivity contribution in [3.63, 3.8) is 0 Å². The Morgan fingerprint density at radius 3 is 2.47 bits per heavy atom. The van der Waals surface area contributed by atoms with Gasteiger partial charge in [-0.05, 0) is 39.0 Å². The van der Waals surface area contributed by atoms with Crippen LogP contribution < -0.4 is 21.1 Å². The van der Waals surface area contributed by atoms with E-state index in [1.54, 1.807) is 18.2 Å². The first kappa shape index (κ1) is 15.2. The number of amides is 2. The number of benzene rings is 1. The molecule has 0 aliphatic carbocycles. The van der Waals surface area contributed by atoms with Gasteiger partial charge in [-0.3, -0.25) is 0 Å². The summed E-state index contributed by atoms with van der Waals surface area (Å²) in [7, 11) is 1.52. The molecule has 1 aromatic rings. The maximum absolute atomic E-state index is 11.8. The number of thiocarbonyl (C=S) groups is 1. The van der Waals surface area contributed by atoms with E-state index in [0.717, 1.165) is 0 Å². The minimum absolute atomic E-state index is 0.281. The lowest BCUT2D eigenvalue weighted by Crippen LogP contribution is -2.43. The van der Waals surface area contributed by atoms with Crippen molar-refractivity contribution in [3.05, 3.63) is 23.8 Å². The molecule has 0 heterocycles. The van der Waals surface area contributed by atoms with Gasteiger partial charge in [0.1, 0.15) is 10.7 Å². The first-order valence-corrected chi connectivity index (χ1v) is 6.21. The van der Waals surface area contributed by atoms with Gasteiger partial charge in [-0.2, -0.15) is 0 Å². The van der Waals surface area contributed by atoms with Crippen molar-refractivity contribution >= 4 is 28.9 Å². The zero-order valence-electron chi connectivity index (χ0n) is 11.5. The van der Waals surface area contributed by atoms with Gasteiger partial charge >= 0.3 is 6.03 Å². The molecule has 104 valence electrons. The molecular formula is C13H19N3O2S. The highest BCUT2D eigenvalue weighted by Gasteiger charge is 2.15. The predicted molar refractivity (Wildman–Crippen MR) is 80.8 cm³/mol. The van der Waals surface area contributed by atoms with Crippen molar-refractivity contribution in [2.45, 2.75) is 26.3 Å². The maximum atomic E-state index is 11.8. The van der Waals surface area contributed by atoms with E-state index in [4.69, 9.17) is 22.7 Å². The number of rotatable bonds is 3. The van der Waals surface area contributed by atoms with Gasteiger partial charge in [0, 0.05) is 11.1 Å². The quantitative estimate of drug-likeness (QED) is 0.743. The van der Waals surface area contributed by atoms with E-state index in [0.29, 0.717) is 17.0 Å². The highest BCUT2D eigenvalue weighted by molar-refractivity contribution is 7.80. The third-order valence-corrected chi connectivity index (χ3v) is 2.46. The highest BCUT2D eigenvalue weighted by Crippen LogP contribution is 2.25.